The molecule has 1 aliphatic heterocycles. The molecule has 0 amide bonds. The molecular formula is C16H23NO2. The first-order valence-corrected chi connectivity index (χ1v) is 7.49. The first kappa shape index (κ1) is 12.9. The lowest BCUT2D eigenvalue weighted by atomic mass is 10.0. The number of hydrogen-bond acceptors (Lipinski definition) is 3. The number of aliphatic hydroxyl groups is 1. The van der Waals surface area contributed by atoms with Crippen LogP contribution >= 0.6 is 0 Å². The molecule has 0 spiro atoms. The summed E-state index contributed by atoms with van der Waals surface area (Å²) in [6, 6.07) is 6.69. The largest absolute Gasteiger partial charge is 0.493 e. The van der Waals surface area contributed by atoms with E-state index in [2.05, 4.69) is 23.5 Å². The van der Waals surface area contributed by atoms with Crippen LogP contribution in [-0.4, -0.2) is 23.9 Å². The molecule has 2 aliphatic rings. The number of benzene rings is 1. The van der Waals surface area contributed by atoms with E-state index in [0.717, 1.165) is 44.6 Å². The van der Waals surface area contributed by atoms with Crippen LogP contribution in [0, 0.1) is 0 Å². The minimum Gasteiger partial charge on any atom is -0.493 e. The average Bonchev–Trinajstić information content (AvgIpc) is 2.79. The average molecular weight is 261 g/mol. The molecule has 0 saturated heterocycles. The van der Waals surface area contributed by atoms with Gasteiger partial charge in [-0.05, 0) is 30.0 Å². The highest BCUT2D eigenvalue weighted by atomic mass is 16.5. The molecule has 2 N–H and O–H groups in total. The number of nitrogens with one attached hydrogen (secondary N) is 1. The Morgan fingerprint density at radius 3 is 3.05 bits per heavy atom. The van der Waals surface area contributed by atoms with E-state index in [1.165, 1.54) is 24.0 Å². The third-order valence-corrected chi connectivity index (χ3v) is 4.30. The zero-order valence-corrected chi connectivity index (χ0v) is 11.4. The van der Waals surface area contributed by atoms with Gasteiger partial charge in [-0.2, -0.15) is 0 Å². The Hall–Kier alpha value is -1.06. The number of rotatable bonds is 3. The molecule has 1 aromatic carbocycles. The summed E-state index contributed by atoms with van der Waals surface area (Å²) < 4.78 is 5.52. The van der Waals surface area contributed by atoms with Crippen LogP contribution in [0.1, 0.15) is 43.2 Å². The molecule has 3 rings (SSSR count). The van der Waals surface area contributed by atoms with Gasteiger partial charge in [-0.15, -0.1) is 0 Å². The molecular weight excluding hydrogens is 238 g/mol. The summed E-state index contributed by atoms with van der Waals surface area (Å²) in [5, 5.41) is 13.6. The smallest absolute Gasteiger partial charge is 0.122 e. The molecule has 1 saturated carbocycles. The molecule has 3 heteroatoms. The lowest BCUT2D eigenvalue weighted by Crippen LogP contribution is -2.38. The van der Waals surface area contributed by atoms with Gasteiger partial charge in [-0.1, -0.05) is 31.4 Å². The topological polar surface area (TPSA) is 41.5 Å². The highest BCUT2D eigenvalue weighted by Gasteiger charge is 2.21. The maximum absolute atomic E-state index is 10.1. The molecule has 1 aliphatic carbocycles. The highest BCUT2D eigenvalue weighted by molar-refractivity contribution is 5.39. The van der Waals surface area contributed by atoms with Gasteiger partial charge in [0.1, 0.15) is 5.75 Å². The van der Waals surface area contributed by atoms with Gasteiger partial charge in [0.15, 0.2) is 0 Å². The van der Waals surface area contributed by atoms with Crippen molar-refractivity contribution in [1.29, 1.82) is 0 Å². The zero-order valence-electron chi connectivity index (χ0n) is 11.4. The van der Waals surface area contributed by atoms with Crippen molar-refractivity contribution in [2.24, 2.45) is 0 Å². The molecule has 104 valence electrons. The van der Waals surface area contributed by atoms with Gasteiger partial charge in [0.25, 0.3) is 0 Å². The van der Waals surface area contributed by atoms with Crippen molar-refractivity contribution in [3.05, 3.63) is 29.3 Å². The van der Waals surface area contributed by atoms with Crippen LogP contribution in [0.4, 0.5) is 0 Å². The van der Waals surface area contributed by atoms with Crippen molar-refractivity contribution in [2.75, 3.05) is 6.61 Å². The zero-order chi connectivity index (χ0) is 13.1. The van der Waals surface area contributed by atoms with Crippen molar-refractivity contribution < 1.29 is 9.84 Å². The normalized spacial score (nSPS) is 26.6. The molecule has 1 heterocycles. The summed E-state index contributed by atoms with van der Waals surface area (Å²) in [5.41, 5.74) is 2.61. The molecule has 19 heavy (non-hydrogen) atoms. The minimum absolute atomic E-state index is 0.180. The first-order chi connectivity index (χ1) is 9.33. The molecule has 1 aromatic rings. The maximum Gasteiger partial charge on any atom is 0.122 e. The van der Waals surface area contributed by atoms with Gasteiger partial charge >= 0.3 is 0 Å². The Balaban J connectivity index is 1.59. The van der Waals surface area contributed by atoms with Crippen LogP contribution in [0.25, 0.3) is 0 Å². The Kier molecular flexibility index (Phi) is 4.04. The number of hydrogen-bond donors (Lipinski definition) is 2. The fourth-order valence-corrected chi connectivity index (χ4v) is 3.12. The monoisotopic (exact) mass is 261 g/mol. The van der Waals surface area contributed by atoms with E-state index in [9.17, 15) is 5.11 Å². The lowest BCUT2D eigenvalue weighted by molar-refractivity contribution is 0.119. The molecule has 0 aromatic heterocycles. The van der Waals surface area contributed by atoms with E-state index in [0.29, 0.717) is 0 Å². The maximum atomic E-state index is 10.1. The first-order valence-electron chi connectivity index (χ1n) is 7.49. The van der Waals surface area contributed by atoms with E-state index in [4.69, 9.17) is 4.74 Å². The Labute approximate surface area is 115 Å². The second-order valence-corrected chi connectivity index (χ2v) is 5.73. The van der Waals surface area contributed by atoms with Gasteiger partial charge < -0.3 is 15.2 Å². The molecule has 3 nitrogen and oxygen atoms in total. The van der Waals surface area contributed by atoms with E-state index >= 15 is 0 Å². The molecule has 0 bridgehead atoms. The summed E-state index contributed by atoms with van der Waals surface area (Å²) in [6.07, 6.45) is 6.52. The van der Waals surface area contributed by atoms with E-state index in [1.54, 1.807) is 0 Å². The van der Waals surface area contributed by atoms with Gasteiger partial charge in [-0.3, -0.25) is 0 Å². The number of fused-ring (bicyclic) bond motifs is 1. The molecule has 2 atom stereocenters. The van der Waals surface area contributed by atoms with Gasteiger partial charge in [0.05, 0.1) is 12.7 Å². The second-order valence-electron chi connectivity index (χ2n) is 5.73. The van der Waals surface area contributed by atoms with Crippen LogP contribution < -0.4 is 10.1 Å². The van der Waals surface area contributed by atoms with Crippen LogP contribution in [-0.2, 0) is 13.0 Å². The predicted molar refractivity (Wildman–Crippen MR) is 75.4 cm³/mol. The third kappa shape index (κ3) is 3.10. The molecule has 0 radical (unpaired) electrons. The fraction of sp³-hybridized carbons (Fsp3) is 0.625. The molecule has 1 fully saturated rings. The van der Waals surface area contributed by atoms with Crippen molar-refractivity contribution in [3.63, 3.8) is 0 Å². The van der Waals surface area contributed by atoms with E-state index in [1.807, 2.05) is 0 Å². The summed E-state index contributed by atoms with van der Waals surface area (Å²) in [7, 11) is 0. The van der Waals surface area contributed by atoms with Crippen LogP contribution in [0.3, 0.4) is 0 Å². The van der Waals surface area contributed by atoms with Crippen LogP contribution in [0.15, 0.2) is 18.2 Å². The summed E-state index contributed by atoms with van der Waals surface area (Å²) >= 11 is 0. The van der Waals surface area contributed by atoms with Crippen molar-refractivity contribution in [1.82, 2.24) is 5.32 Å². The highest BCUT2D eigenvalue weighted by Crippen LogP contribution is 2.26. The van der Waals surface area contributed by atoms with E-state index < -0.39 is 0 Å². The van der Waals surface area contributed by atoms with Crippen LogP contribution in [0.5, 0.6) is 5.75 Å². The lowest BCUT2D eigenvalue weighted by Gasteiger charge is -2.22. The Morgan fingerprint density at radius 2 is 2.11 bits per heavy atom. The summed E-state index contributed by atoms with van der Waals surface area (Å²) in [5.74, 6) is 1.04. The number of aliphatic hydroxyl groups excluding tert-OH is 1. The summed E-state index contributed by atoms with van der Waals surface area (Å²) in [4.78, 5) is 0. The van der Waals surface area contributed by atoms with Gasteiger partial charge in [0.2, 0.25) is 0 Å². The van der Waals surface area contributed by atoms with Crippen molar-refractivity contribution >= 4 is 0 Å². The van der Waals surface area contributed by atoms with Gasteiger partial charge in [-0.25, -0.2) is 0 Å². The Bertz CT molecular complexity index is 433. The van der Waals surface area contributed by atoms with Crippen LogP contribution in [0.2, 0.25) is 0 Å². The number of ether oxygens (including phenoxy) is 1. The predicted octanol–water partition coefficient (Wildman–Crippen LogP) is 2.40. The Morgan fingerprint density at radius 1 is 1.21 bits per heavy atom. The van der Waals surface area contributed by atoms with E-state index in [-0.39, 0.29) is 12.1 Å². The fourth-order valence-electron chi connectivity index (χ4n) is 3.12. The van der Waals surface area contributed by atoms with Crippen molar-refractivity contribution in [3.8, 4) is 5.75 Å². The standard InChI is InChI=1S/C16H23NO2/c18-15-5-3-1-2-4-14(15)17-11-12-6-7-16-13(10-12)8-9-19-16/h6-7,10,14-15,17-18H,1-5,8-9,11H2. The summed E-state index contributed by atoms with van der Waals surface area (Å²) in [6.45, 7) is 1.66. The second kappa shape index (κ2) is 5.93. The minimum atomic E-state index is -0.180. The third-order valence-electron chi connectivity index (χ3n) is 4.30. The SMILES string of the molecule is OC1CCCCCC1NCc1ccc2c(c1)CCO2. The van der Waals surface area contributed by atoms with Crippen molar-refractivity contribution in [2.45, 2.75) is 57.2 Å². The van der Waals surface area contributed by atoms with Gasteiger partial charge in [0, 0.05) is 19.0 Å². The quantitative estimate of drug-likeness (QED) is 0.821. The molecule has 2 unspecified atom stereocenters.